The van der Waals surface area contributed by atoms with E-state index in [1.165, 1.54) is 61.6 Å². The van der Waals surface area contributed by atoms with Gasteiger partial charge in [0.15, 0.2) is 5.78 Å². The molecule has 0 fully saturated rings. The molecule has 0 spiro atoms. The molecule has 0 atom stereocenters. The largest absolute Gasteiger partial charge is 0.423 e. The van der Waals surface area contributed by atoms with E-state index in [0.29, 0.717) is 23.7 Å². The summed E-state index contributed by atoms with van der Waals surface area (Å²) in [7, 11) is 1.35. The van der Waals surface area contributed by atoms with Crippen molar-refractivity contribution in [3.05, 3.63) is 148 Å². The van der Waals surface area contributed by atoms with Crippen molar-refractivity contribution in [2.45, 2.75) is 99.3 Å². The molecule has 7 rings (SSSR count). The number of imide groups is 2. The Hall–Kier alpha value is -7.67. The third-order valence-electron chi connectivity index (χ3n) is 11.1. The van der Waals surface area contributed by atoms with Crippen molar-refractivity contribution >= 4 is 58.6 Å². The average molecular weight is 921 g/mol. The molecule has 0 aromatic heterocycles. The Morgan fingerprint density at radius 1 is 0.500 bits per heavy atom. The van der Waals surface area contributed by atoms with Crippen molar-refractivity contribution in [1.82, 2.24) is 4.90 Å². The van der Waals surface area contributed by atoms with Gasteiger partial charge in [-0.25, -0.2) is 14.5 Å². The SMILES string of the molecule is CCCCC(=O)c1cc(OC(=O)c2ccc3c(c2)C(=O)N(C)C3=O)ccc1OC(=O)c1ccc2c(c1)C(=O)N(c1ccc(-c3ccc(C)cc3)cc1)C2=O.CCCCC(C)=O.CCCCC(C)=O. The van der Waals surface area contributed by atoms with Crippen LogP contribution in [-0.4, -0.2) is 64.9 Å². The molecule has 2 aliphatic heterocycles. The maximum atomic E-state index is 13.5. The second kappa shape index (κ2) is 23.7. The number of benzene rings is 5. The first-order valence-corrected chi connectivity index (χ1v) is 22.8. The van der Waals surface area contributed by atoms with Crippen LogP contribution < -0.4 is 14.4 Å². The van der Waals surface area contributed by atoms with Crippen LogP contribution >= 0.6 is 0 Å². The smallest absolute Gasteiger partial charge is 0.343 e. The molecule has 0 aliphatic carbocycles. The Labute approximate surface area is 396 Å². The van der Waals surface area contributed by atoms with Gasteiger partial charge in [0.2, 0.25) is 0 Å². The summed E-state index contributed by atoms with van der Waals surface area (Å²) < 4.78 is 11.2. The molecule has 2 heterocycles. The maximum absolute atomic E-state index is 13.5. The molecule has 5 aromatic carbocycles. The fraction of sp³-hybridized carbons (Fsp3) is 0.291. The zero-order chi connectivity index (χ0) is 49.7. The predicted octanol–water partition coefficient (Wildman–Crippen LogP) is 11.0. The monoisotopic (exact) mass is 920 g/mol. The summed E-state index contributed by atoms with van der Waals surface area (Å²) in [6.45, 7) is 11.4. The fourth-order valence-electron chi connectivity index (χ4n) is 7.17. The van der Waals surface area contributed by atoms with Crippen molar-refractivity contribution in [1.29, 1.82) is 0 Å². The van der Waals surface area contributed by atoms with E-state index < -0.39 is 35.6 Å². The van der Waals surface area contributed by atoms with Gasteiger partial charge in [-0.3, -0.25) is 28.9 Å². The topological polar surface area (TPSA) is 179 Å². The van der Waals surface area contributed by atoms with E-state index in [1.807, 2.05) is 50.2 Å². The van der Waals surface area contributed by atoms with E-state index in [9.17, 15) is 43.2 Å². The molecule has 4 amide bonds. The van der Waals surface area contributed by atoms with Gasteiger partial charge in [0.05, 0.1) is 44.6 Å². The molecule has 68 heavy (non-hydrogen) atoms. The molecule has 352 valence electrons. The van der Waals surface area contributed by atoms with Crippen molar-refractivity contribution in [2.24, 2.45) is 0 Å². The summed E-state index contributed by atoms with van der Waals surface area (Å²) in [6, 6.07) is 27.1. The number of unbranched alkanes of at least 4 members (excludes halogenated alkanes) is 3. The first-order valence-electron chi connectivity index (χ1n) is 22.8. The number of aryl methyl sites for hydroxylation is 1. The lowest BCUT2D eigenvalue weighted by Crippen LogP contribution is -2.29. The highest BCUT2D eigenvalue weighted by molar-refractivity contribution is 6.34. The summed E-state index contributed by atoms with van der Waals surface area (Å²) in [5.74, 6) is -3.72. The van der Waals surface area contributed by atoms with Crippen molar-refractivity contribution in [3.8, 4) is 22.6 Å². The lowest BCUT2D eigenvalue weighted by atomic mass is 10.0. The summed E-state index contributed by atoms with van der Waals surface area (Å²) in [6.07, 6.45) is 7.28. The molecule has 0 bridgehead atoms. The van der Waals surface area contributed by atoms with Crippen LogP contribution in [0, 0.1) is 6.92 Å². The number of carbonyl (C=O) groups excluding carboxylic acids is 9. The Bertz CT molecular complexity index is 2740. The van der Waals surface area contributed by atoms with E-state index >= 15 is 0 Å². The molecule has 0 radical (unpaired) electrons. The Kier molecular flexibility index (Phi) is 17.9. The molecular formula is C55H56N2O11. The zero-order valence-electron chi connectivity index (χ0n) is 39.6. The van der Waals surface area contributed by atoms with Crippen LogP contribution in [0.1, 0.15) is 170 Å². The summed E-state index contributed by atoms with van der Waals surface area (Å²) in [5.41, 5.74) is 3.82. The lowest BCUT2D eigenvalue weighted by molar-refractivity contribution is -0.117. The van der Waals surface area contributed by atoms with Gasteiger partial charge in [0.25, 0.3) is 23.6 Å². The number of hydrogen-bond acceptors (Lipinski definition) is 11. The minimum Gasteiger partial charge on any atom is -0.423 e. The van der Waals surface area contributed by atoms with Gasteiger partial charge >= 0.3 is 11.9 Å². The van der Waals surface area contributed by atoms with Gasteiger partial charge in [-0.15, -0.1) is 0 Å². The Balaban J connectivity index is 0.000000538. The number of nitrogens with zero attached hydrogens (tertiary/aromatic N) is 2. The van der Waals surface area contributed by atoms with Gasteiger partial charge in [-0.05, 0) is 118 Å². The van der Waals surface area contributed by atoms with Gasteiger partial charge in [0.1, 0.15) is 23.1 Å². The Morgan fingerprint density at radius 2 is 0.956 bits per heavy atom. The minimum atomic E-state index is -0.879. The van der Waals surface area contributed by atoms with E-state index in [0.717, 1.165) is 71.4 Å². The highest BCUT2D eigenvalue weighted by atomic mass is 16.5. The third-order valence-corrected chi connectivity index (χ3v) is 11.1. The summed E-state index contributed by atoms with van der Waals surface area (Å²) >= 11 is 0. The van der Waals surface area contributed by atoms with Crippen LogP contribution in [0.5, 0.6) is 11.5 Å². The maximum Gasteiger partial charge on any atom is 0.343 e. The number of Topliss-reactive ketones (excluding diaryl/α,β-unsaturated/α-hetero) is 3. The number of amides is 4. The highest BCUT2D eigenvalue weighted by Crippen LogP contribution is 2.33. The van der Waals surface area contributed by atoms with Gasteiger partial charge < -0.3 is 19.1 Å². The number of anilines is 1. The molecular weight excluding hydrogens is 865 g/mol. The number of fused-ring (bicyclic) bond motifs is 2. The summed E-state index contributed by atoms with van der Waals surface area (Å²) in [5, 5.41) is 0. The Morgan fingerprint density at radius 3 is 1.47 bits per heavy atom. The predicted molar refractivity (Wildman–Crippen MR) is 258 cm³/mol. The number of ether oxygens (including phenoxy) is 2. The highest BCUT2D eigenvalue weighted by Gasteiger charge is 2.38. The molecule has 0 saturated heterocycles. The van der Waals surface area contributed by atoms with E-state index in [1.54, 1.807) is 26.0 Å². The normalized spacial score (nSPS) is 12.3. The van der Waals surface area contributed by atoms with E-state index in [2.05, 4.69) is 13.8 Å². The standard InChI is InChI=1S/C43H32N2O9.2C6H12O/c1-4-5-6-36(46)35-23-30(53-42(51)27-13-18-31-33(21-27)39(48)44(3)38(31)47)17-20-37(35)54-43(52)28-14-19-32-34(22-28)41(50)45(40(32)49)29-15-11-26(12-16-29)25-9-7-24(2)8-10-25;2*1-3-4-5-6(2)7/h7-23H,4-6H2,1-3H3;2*3-5H2,1-2H3. The number of esters is 2. The minimum absolute atomic E-state index is 0.00822. The second-order valence-corrected chi connectivity index (χ2v) is 16.6. The van der Waals surface area contributed by atoms with Crippen molar-refractivity contribution in [2.75, 3.05) is 11.9 Å². The number of hydrogen-bond donors (Lipinski definition) is 0. The molecule has 0 N–H and O–H groups in total. The van der Waals surface area contributed by atoms with Gasteiger partial charge in [-0.2, -0.15) is 0 Å². The molecule has 13 nitrogen and oxygen atoms in total. The quantitative estimate of drug-likeness (QED) is 0.0398. The molecule has 5 aromatic rings. The summed E-state index contributed by atoms with van der Waals surface area (Å²) in [4.78, 5) is 114. The molecule has 13 heteroatoms. The lowest BCUT2D eigenvalue weighted by Gasteiger charge is -2.14. The number of rotatable bonds is 16. The van der Waals surface area contributed by atoms with Crippen LogP contribution in [0.25, 0.3) is 11.1 Å². The number of carbonyl (C=O) groups is 9. The average Bonchev–Trinajstić information content (AvgIpc) is 3.71. The molecule has 2 aliphatic rings. The van der Waals surface area contributed by atoms with Crippen molar-refractivity contribution in [3.63, 3.8) is 0 Å². The molecule has 0 saturated carbocycles. The van der Waals surface area contributed by atoms with Gasteiger partial charge in [0, 0.05) is 26.3 Å². The third kappa shape index (κ3) is 12.6. The molecule has 0 unspecified atom stereocenters. The fourth-order valence-corrected chi connectivity index (χ4v) is 7.17. The number of ketones is 3. The van der Waals surface area contributed by atoms with E-state index in [-0.39, 0.29) is 62.6 Å². The van der Waals surface area contributed by atoms with Crippen molar-refractivity contribution < 1.29 is 52.6 Å². The zero-order valence-corrected chi connectivity index (χ0v) is 39.6. The van der Waals surface area contributed by atoms with Crippen LogP contribution in [-0.2, 0) is 9.59 Å². The first-order chi connectivity index (χ1) is 32.5. The first kappa shape index (κ1) is 51.3. The second-order valence-electron chi connectivity index (χ2n) is 16.6. The van der Waals surface area contributed by atoms with Gasteiger partial charge in [-0.1, -0.05) is 82.0 Å². The van der Waals surface area contributed by atoms with Crippen LogP contribution in [0.15, 0.2) is 103 Å². The van der Waals surface area contributed by atoms with E-state index in [4.69, 9.17) is 9.47 Å². The van der Waals surface area contributed by atoms with Crippen LogP contribution in [0.4, 0.5) is 5.69 Å². The van der Waals surface area contributed by atoms with Crippen LogP contribution in [0.3, 0.4) is 0 Å². The van der Waals surface area contributed by atoms with Crippen LogP contribution in [0.2, 0.25) is 0 Å².